The van der Waals surface area contributed by atoms with Gasteiger partial charge in [-0.25, -0.2) is 9.97 Å². The molecule has 0 aliphatic carbocycles. The van der Waals surface area contributed by atoms with Crippen molar-refractivity contribution in [2.45, 2.75) is 45.4 Å². The molecule has 2 N–H and O–H groups in total. The van der Waals surface area contributed by atoms with E-state index in [9.17, 15) is 4.79 Å². The number of aromatic nitrogens is 2. The van der Waals surface area contributed by atoms with E-state index in [1.165, 1.54) is 0 Å². The summed E-state index contributed by atoms with van der Waals surface area (Å²) in [5.74, 6) is 1.25. The van der Waals surface area contributed by atoms with Gasteiger partial charge in [0.25, 0.3) is 0 Å². The van der Waals surface area contributed by atoms with Gasteiger partial charge in [0.2, 0.25) is 0 Å². The maximum Gasteiger partial charge on any atom is 0.303 e. The minimum Gasteiger partial charge on any atom is -0.481 e. The third-order valence-corrected chi connectivity index (χ3v) is 3.83. The van der Waals surface area contributed by atoms with E-state index < -0.39 is 5.97 Å². The lowest BCUT2D eigenvalue weighted by Crippen LogP contribution is -2.10. The number of carbonyl (C=O) groups is 1. The van der Waals surface area contributed by atoms with E-state index in [-0.39, 0.29) is 6.42 Å². The van der Waals surface area contributed by atoms with E-state index in [2.05, 4.69) is 29.1 Å². The highest BCUT2D eigenvalue weighted by molar-refractivity contribution is 5.89. The molecule has 0 spiro atoms. The van der Waals surface area contributed by atoms with Crippen molar-refractivity contribution in [2.24, 2.45) is 0 Å². The molecule has 5 heteroatoms. The summed E-state index contributed by atoms with van der Waals surface area (Å²) in [5, 5.41) is 13.0. The van der Waals surface area contributed by atoms with Gasteiger partial charge in [-0.1, -0.05) is 26.0 Å². The van der Waals surface area contributed by atoms with E-state index in [0.717, 1.165) is 35.4 Å². The molecule has 1 heterocycles. The molecule has 5 nitrogen and oxygen atoms in total. The fourth-order valence-electron chi connectivity index (χ4n) is 2.51. The summed E-state index contributed by atoms with van der Waals surface area (Å²) >= 11 is 0. The minimum atomic E-state index is -0.771. The zero-order valence-electron chi connectivity index (χ0n) is 13.2. The van der Waals surface area contributed by atoms with Crippen molar-refractivity contribution >= 4 is 22.7 Å². The van der Waals surface area contributed by atoms with Crippen LogP contribution in [-0.4, -0.2) is 27.6 Å². The van der Waals surface area contributed by atoms with Crippen LogP contribution in [0.15, 0.2) is 24.3 Å². The van der Waals surface area contributed by atoms with Crippen molar-refractivity contribution in [2.75, 3.05) is 11.9 Å². The summed E-state index contributed by atoms with van der Waals surface area (Å²) in [6.07, 6.45) is 2.75. The number of carboxylic acid groups (broad SMARTS) is 1. The third kappa shape index (κ3) is 3.93. The van der Waals surface area contributed by atoms with E-state index in [0.29, 0.717) is 18.9 Å². The summed E-state index contributed by atoms with van der Waals surface area (Å²) in [4.78, 5) is 20.0. The molecule has 0 fully saturated rings. The molecule has 0 bridgehead atoms. The number of aliphatic carboxylic acids is 1. The zero-order valence-corrected chi connectivity index (χ0v) is 13.2. The monoisotopic (exact) mass is 301 g/mol. The Hall–Kier alpha value is -2.17. The Morgan fingerprint density at radius 3 is 2.64 bits per heavy atom. The molecule has 0 saturated heterocycles. The first-order chi connectivity index (χ1) is 10.7. The number of fused-ring (bicyclic) bond motifs is 1. The second-order valence-corrected chi connectivity index (χ2v) is 5.39. The predicted molar refractivity (Wildman–Crippen MR) is 88.2 cm³/mol. The fraction of sp³-hybridized carbons (Fsp3) is 0.471. The Balaban J connectivity index is 2.27. The van der Waals surface area contributed by atoms with Gasteiger partial charge in [-0.05, 0) is 31.4 Å². The highest BCUT2D eigenvalue weighted by atomic mass is 16.4. The molecule has 1 aromatic carbocycles. The first kappa shape index (κ1) is 16.2. The molecule has 0 atom stereocenters. The molecule has 118 valence electrons. The number of anilines is 1. The Bertz CT molecular complexity index is 639. The van der Waals surface area contributed by atoms with Gasteiger partial charge in [0.05, 0.1) is 5.52 Å². The summed E-state index contributed by atoms with van der Waals surface area (Å²) in [6, 6.07) is 7.92. The fourth-order valence-corrected chi connectivity index (χ4v) is 2.51. The van der Waals surface area contributed by atoms with Gasteiger partial charge in [-0.2, -0.15) is 0 Å². The van der Waals surface area contributed by atoms with E-state index in [4.69, 9.17) is 5.11 Å². The first-order valence-electron chi connectivity index (χ1n) is 7.88. The predicted octanol–water partition coefficient (Wildman–Crippen LogP) is 3.81. The smallest absolute Gasteiger partial charge is 0.303 e. The van der Waals surface area contributed by atoms with Crippen LogP contribution in [0.2, 0.25) is 0 Å². The zero-order chi connectivity index (χ0) is 15.9. The summed E-state index contributed by atoms with van der Waals surface area (Å²) in [7, 11) is 0. The van der Waals surface area contributed by atoms with Gasteiger partial charge in [-0.3, -0.25) is 4.79 Å². The lowest BCUT2D eigenvalue weighted by molar-refractivity contribution is -0.137. The lowest BCUT2D eigenvalue weighted by atomic mass is 10.0. The molecule has 0 aliphatic heterocycles. The maximum absolute atomic E-state index is 10.6. The second-order valence-electron chi connectivity index (χ2n) is 5.39. The molecule has 0 amide bonds. The Morgan fingerprint density at radius 2 is 1.95 bits per heavy atom. The Morgan fingerprint density at radius 1 is 1.23 bits per heavy atom. The van der Waals surface area contributed by atoms with Crippen LogP contribution in [-0.2, 0) is 4.79 Å². The average molecular weight is 301 g/mol. The SMILES string of the molecule is CCC(CC)c1nc(NCCCC(=O)O)c2ccccc2n1. The number of carboxylic acids is 1. The number of benzene rings is 1. The van der Waals surface area contributed by atoms with Crippen molar-refractivity contribution < 1.29 is 9.90 Å². The molecule has 0 radical (unpaired) electrons. The highest BCUT2D eigenvalue weighted by Gasteiger charge is 2.14. The van der Waals surface area contributed by atoms with Gasteiger partial charge >= 0.3 is 5.97 Å². The minimum absolute atomic E-state index is 0.162. The molecule has 0 saturated carbocycles. The number of nitrogens with one attached hydrogen (secondary N) is 1. The number of hydrogen-bond donors (Lipinski definition) is 2. The van der Waals surface area contributed by atoms with Gasteiger partial charge in [0, 0.05) is 24.3 Å². The summed E-state index contributed by atoms with van der Waals surface area (Å²) in [6.45, 7) is 4.88. The average Bonchev–Trinajstić information content (AvgIpc) is 2.52. The van der Waals surface area contributed by atoms with Crippen molar-refractivity contribution in [3.8, 4) is 0 Å². The van der Waals surface area contributed by atoms with Crippen LogP contribution in [0.4, 0.5) is 5.82 Å². The molecule has 0 unspecified atom stereocenters. The lowest BCUT2D eigenvalue weighted by Gasteiger charge is -2.15. The molecular weight excluding hydrogens is 278 g/mol. The molecule has 1 aromatic heterocycles. The summed E-state index contributed by atoms with van der Waals surface area (Å²) in [5.41, 5.74) is 0.931. The van der Waals surface area contributed by atoms with Crippen LogP contribution in [0.3, 0.4) is 0 Å². The van der Waals surface area contributed by atoms with Crippen LogP contribution >= 0.6 is 0 Å². The number of nitrogens with zero attached hydrogens (tertiary/aromatic N) is 2. The standard InChI is InChI=1S/C17H23N3O2/c1-3-12(4-2)16-19-14-9-6-5-8-13(14)17(20-16)18-11-7-10-15(21)22/h5-6,8-9,12H,3-4,7,10-11H2,1-2H3,(H,21,22)(H,18,19,20). The second kappa shape index (κ2) is 7.73. The highest BCUT2D eigenvalue weighted by Crippen LogP contribution is 2.26. The van der Waals surface area contributed by atoms with Crippen LogP contribution < -0.4 is 5.32 Å². The Kier molecular flexibility index (Phi) is 5.69. The van der Waals surface area contributed by atoms with Crippen LogP contribution in [0, 0.1) is 0 Å². The van der Waals surface area contributed by atoms with Gasteiger partial charge in [0.1, 0.15) is 11.6 Å². The van der Waals surface area contributed by atoms with Gasteiger partial charge in [-0.15, -0.1) is 0 Å². The largest absolute Gasteiger partial charge is 0.481 e. The van der Waals surface area contributed by atoms with Crippen LogP contribution in [0.25, 0.3) is 10.9 Å². The quantitative estimate of drug-likeness (QED) is 0.725. The number of rotatable bonds is 8. The third-order valence-electron chi connectivity index (χ3n) is 3.83. The molecule has 2 aromatic rings. The van der Waals surface area contributed by atoms with Gasteiger partial charge < -0.3 is 10.4 Å². The normalized spacial score (nSPS) is 11.0. The van der Waals surface area contributed by atoms with Crippen molar-refractivity contribution in [3.63, 3.8) is 0 Å². The van der Waals surface area contributed by atoms with Crippen molar-refractivity contribution in [1.82, 2.24) is 9.97 Å². The van der Waals surface area contributed by atoms with Crippen molar-refractivity contribution in [1.29, 1.82) is 0 Å². The first-order valence-corrected chi connectivity index (χ1v) is 7.88. The van der Waals surface area contributed by atoms with E-state index in [1.807, 2.05) is 24.3 Å². The van der Waals surface area contributed by atoms with Crippen molar-refractivity contribution in [3.05, 3.63) is 30.1 Å². The Labute approximate surface area is 130 Å². The molecule has 22 heavy (non-hydrogen) atoms. The topological polar surface area (TPSA) is 75.1 Å². The van der Waals surface area contributed by atoms with Gasteiger partial charge in [0.15, 0.2) is 0 Å². The number of para-hydroxylation sites is 1. The van der Waals surface area contributed by atoms with Crippen LogP contribution in [0.1, 0.15) is 51.3 Å². The number of hydrogen-bond acceptors (Lipinski definition) is 4. The van der Waals surface area contributed by atoms with E-state index in [1.54, 1.807) is 0 Å². The van der Waals surface area contributed by atoms with E-state index >= 15 is 0 Å². The summed E-state index contributed by atoms with van der Waals surface area (Å²) < 4.78 is 0. The molecule has 0 aliphatic rings. The molecule has 2 rings (SSSR count). The molecular formula is C17H23N3O2. The van der Waals surface area contributed by atoms with Crippen LogP contribution in [0.5, 0.6) is 0 Å². The maximum atomic E-state index is 10.6.